The van der Waals surface area contributed by atoms with Crippen LogP contribution in [-0.4, -0.2) is 6.61 Å². The van der Waals surface area contributed by atoms with E-state index in [0.717, 1.165) is 29.9 Å². The molecule has 4 aromatic carbocycles. The predicted octanol–water partition coefficient (Wildman–Crippen LogP) is 10.4. The van der Waals surface area contributed by atoms with E-state index < -0.39 is 0 Å². The van der Waals surface area contributed by atoms with Crippen molar-refractivity contribution in [2.24, 2.45) is 0 Å². The van der Waals surface area contributed by atoms with Gasteiger partial charge in [0.05, 0.1) is 6.61 Å². The fraction of sp³-hybridized carbons (Fsp3) is 0.314. The quantitative estimate of drug-likeness (QED) is 0.196. The lowest BCUT2D eigenvalue weighted by Crippen LogP contribution is -2.02. The topological polar surface area (TPSA) is 9.23 Å². The molecule has 0 fully saturated rings. The third kappa shape index (κ3) is 6.66. The highest BCUT2D eigenvalue weighted by atomic mass is 16.5. The molecular weight excluding hydrogens is 436 g/mol. The van der Waals surface area contributed by atoms with Crippen LogP contribution in [-0.2, 0) is 0 Å². The minimum atomic E-state index is 0.744. The number of rotatable bonds is 11. The number of hydrogen-bond donors (Lipinski definition) is 0. The van der Waals surface area contributed by atoms with E-state index in [1.165, 1.54) is 71.0 Å². The second kappa shape index (κ2) is 12.6. The highest BCUT2D eigenvalue weighted by molar-refractivity contribution is 5.88. The Morgan fingerprint density at radius 2 is 0.889 bits per heavy atom. The smallest absolute Gasteiger partial charge is 0.134 e. The van der Waals surface area contributed by atoms with Gasteiger partial charge in [0.25, 0.3) is 0 Å². The van der Waals surface area contributed by atoms with Crippen LogP contribution in [0.1, 0.15) is 62.1 Å². The fourth-order valence-corrected chi connectivity index (χ4v) is 4.65. The molecule has 0 heterocycles. The molecular formula is C35H40O. The van der Waals surface area contributed by atoms with E-state index in [9.17, 15) is 0 Å². The van der Waals surface area contributed by atoms with Crippen LogP contribution in [0.25, 0.3) is 33.4 Å². The van der Waals surface area contributed by atoms with Crippen LogP contribution in [0.4, 0.5) is 0 Å². The van der Waals surface area contributed by atoms with Crippen molar-refractivity contribution < 1.29 is 4.74 Å². The summed E-state index contributed by atoms with van der Waals surface area (Å²) in [7, 11) is 0. The van der Waals surface area contributed by atoms with E-state index >= 15 is 0 Å². The van der Waals surface area contributed by atoms with Crippen molar-refractivity contribution >= 4 is 0 Å². The van der Waals surface area contributed by atoms with Crippen LogP contribution >= 0.6 is 0 Å². The Labute approximate surface area is 218 Å². The van der Waals surface area contributed by atoms with Crippen molar-refractivity contribution in [1.29, 1.82) is 0 Å². The molecule has 0 amide bonds. The molecule has 0 aliphatic carbocycles. The largest absolute Gasteiger partial charge is 0.492 e. The van der Waals surface area contributed by atoms with Crippen LogP contribution < -0.4 is 4.74 Å². The average molecular weight is 477 g/mol. The van der Waals surface area contributed by atoms with E-state index in [4.69, 9.17) is 4.74 Å². The van der Waals surface area contributed by atoms with Gasteiger partial charge in [0.1, 0.15) is 5.75 Å². The second-order valence-electron chi connectivity index (χ2n) is 10.1. The Morgan fingerprint density at radius 1 is 0.472 bits per heavy atom. The first-order chi connectivity index (χ1) is 17.5. The Hall–Kier alpha value is -3.32. The van der Waals surface area contributed by atoms with Crippen LogP contribution in [0.2, 0.25) is 0 Å². The Balaban J connectivity index is 1.78. The van der Waals surface area contributed by atoms with Crippen molar-refractivity contribution in [3.63, 3.8) is 0 Å². The first kappa shape index (κ1) is 25.8. The zero-order valence-electron chi connectivity index (χ0n) is 22.4. The number of hydrogen-bond acceptors (Lipinski definition) is 1. The van der Waals surface area contributed by atoms with E-state index in [2.05, 4.69) is 113 Å². The summed E-state index contributed by atoms with van der Waals surface area (Å²) in [6.45, 7) is 9.43. The Morgan fingerprint density at radius 3 is 1.36 bits per heavy atom. The van der Waals surface area contributed by atoms with Gasteiger partial charge >= 0.3 is 0 Å². The molecule has 0 aliphatic heterocycles. The van der Waals surface area contributed by atoms with Crippen molar-refractivity contribution in [3.05, 3.63) is 102 Å². The van der Waals surface area contributed by atoms with Gasteiger partial charge in [0, 0.05) is 11.1 Å². The van der Waals surface area contributed by atoms with Gasteiger partial charge in [-0.1, -0.05) is 129 Å². The molecule has 0 N–H and O–H groups in total. The van der Waals surface area contributed by atoms with Crippen LogP contribution in [0.15, 0.2) is 84.9 Å². The lowest BCUT2D eigenvalue weighted by atomic mass is 9.91. The summed E-state index contributed by atoms with van der Waals surface area (Å²) < 4.78 is 6.65. The predicted molar refractivity (Wildman–Crippen MR) is 156 cm³/mol. The zero-order valence-corrected chi connectivity index (χ0v) is 22.4. The minimum Gasteiger partial charge on any atom is -0.492 e. The van der Waals surface area contributed by atoms with E-state index in [1.54, 1.807) is 0 Å². The number of ether oxygens (including phenoxy) is 1. The third-order valence-corrected chi connectivity index (χ3v) is 6.94. The second-order valence-corrected chi connectivity index (χ2v) is 10.1. The molecule has 0 atom stereocenters. The summed E-state index contributed by atoms with van der Waals surface area (Å²) >= 11 is 0. The maximum atomic E-state index is 6.65. The summed E-state index contributed by atoms with van der Waals surface area (Å²) in [5, 5.41) is 0. The normalized spacial score (nSPS) is 11.0. The van der Waals surface area contributed by atoms with Gasteiger partial charge < -0.3 is 4.74 Å². The van der Waals surface area contributed by atoms with Crippen molar-refractivity contribution in [1.82, 2.24) is 0 Å². The molecule has 0 aromatic heterocycles. The molecule has 4 rings (SSSR count). The summed E-state index contributed by atoms with van der Waals surface area (Å²) in [4.78, 5) is 0. The first-order valence-electron chi connectivity index (χ1n) is 13.6. The SMILES string of the molecule is CCCCCCCCOc1c(-c2ccc(C)cc2)cc(-c2ccc(C)cc2)cc1-c1ccc(C)cc1. The molecule has 1 nitrogen and oxygen atoms in total. The summed E-state index contributed by atoms with van der Waals surface area (Å²) in [6.07, 6.45) is 7.54. The Kier molecular flexibility index (Phi) is 9.01. The van der Waals surface area contributed by atoms with Crippen LogP contribution in [0.5, 0.6) is 5.75 Å². The summed E-state index contributed by atoms with van der Waals surface area (Å²) in [6, 6.07) is 31.1. The molecule has 0 unspecified atom stereocenters. The van der Waals surface area contributed by atoms with E-state index in [-0.39, 0.29) is 0 Å². The average Bonchev–Trinajstić information content (AvgIpc) is 2.89. The maximum absolute atomic E-state index is 6.65. The standard InChI is InChI=1S/C35H40O/c1-5-6-7-8-9-10-23-36-35-33(30-19-13-27(3)14-20-30)24-32(29-17-11-26(2)12-18-29)25-34(35)31-21-15-28(4)16-22-31/h11-22,24-25H,5-10,23H2,1-4H3. The highest BCUT2D eigenvalue weighted by Crippen LogP contribution is 2.43. The molecule has 0 saturated heterocycles. The molecule has 0 radical (unpaired) electrons. The molecule has 4 aromatic rings. The number of benzene rings is 4. The third-order valence-electron chi connectivity index (χ3n) is 6.94. The molecule has 1 heteroatoms. The van der Waals surface area contributed by atoms with Crippen molar-refractivity contribution in [3.8, 4) is 39.1 Å². The monoisotopic (exact) mass is 476 g/mol. The zero-order chi connectivity index (χ0) is 25.3. The van der Waals surface area contributed by atoms with Gasteiger partial charge in [0.2, 0.25) is 0 Å². The van der Waals surface area contributed by atoms with Crippen molar-refractivity contribution in [2.45, 2.75) is 66.2 Å². The lowest BCUT2D eigenvalue weighted by molar-refractivity contribution is 0.307. The molecule has 36 heavy (non-hydrogen) atoms. The van der Waals surface area contributed by atoms with Crippen LogP contribution in [0.3, 0.4) is 0 Å². The van der Waals surface area contributed by atoms with Gasteiger partial charge in [-0.25, -0.2) is 0 Å². The van der Waals surface area contributed by atoms with E-state index in [1.807, 2.05) is 0 Å². The van der Waals surface area contributed by atoms with Crippen molar-refractivity contribution in [2.75, 3.05) is 6.61 Å². The van der Waals surface area contributed by atoms with E-state index in [0.29, 0.717) is 0 Å². The summed E-state index contributed by atoms with van der Waals surface area (Å²) in [5.41, 5.74) is 11.0. The molecule has 0 bridgehead atoms. The lowest BCUT2D eigenvalue weighted by Gasteiger charge is -2.19. The molecule has 0 saturated carbocycles. The minimum absolute atomic E-state index is 0.744. The van der Waals surface area contributed by atoms with Crippen LogP contribution in [0, 0.1) is 20.8 Å². The highest BCUT2D eigenvalue weighted by Gasteiger charge is 2.17. The molecule has 0 aliphatic rings. The fourth-order valence-electron chi connectivity index (χ4n) is 4.65. The van der Waals surface area contributed by atoms with Gasteiger partial charge in [-0.3, -0.25) is 0 Å². The molecule has 186 valence electrons. The Bertz CT molecular complexity index is 1170. The first-order valence-corrected chi connectivity index (χ1v) is 13.6. The van der Waals surface area contributed by atoms with Gasteiger partial charge in [0.15, 0.2) is 0 Å². The number of aryl methyl sites for hydroxylation is 3. The maximum Gasteiger partial charge on any atom is 0.134 e. The summed E-state index contributed by atoms with van der Waals surface area (Å²) in [5.74, 6) is 0.993. The van der Waals surface area contributed by atoms with Gasteiger partial charge in [-0.15, -0.1) is 0 Å². The number of unbranched alkanes of at least 4 members (excludes halogenated alkanes) is 5. The van der Waals surface area contributed by atoms with Gasteiger partial charge in [-0.2, -0.15) is 0 Å². The van der Waals surface area contributed by atoms with Gasteiger partial charge in [-0.05, 0) is 61.6 Å². The molecule has 0 spiro atoms.